The second kappa shape index (κ2) is 7.20. The van der Waals surface area contributed by atoms with Gasteiger partial charge in [-0.2, -0.15) is 0 Å². The number of para-hydroxylation sites is 1. The molecule has 5 nitrogen and oxygen atoms in total. The van der Waals surface area contributed by atoms with Gasteiger partial charge in [-0.05, 0) is 25.0 Å². The molecule has 1 unspecified atom stereocenters. The summed E-state index contributed by atoms with van der Waals surface area (Å²) in [6.07, 6.45) is 1.96. The zero-order valence-corrected chi connectivity index (χ0v) is 15.4. The van der Waals surface area contributed by atoms with Gasteiger partial charge in [0.15, 0.2) is 12.3 Å². The fourth-order valence-corrected chi connectivity index (χ4v) is 3.35. The van der Waals surface area contributed by atoms with E-state index in [1.54, 1.807) is 4.90 Å². The molecule has 0 saturated carbocycles. The van der Waals surface area contributed by atoms with Gasteiger partial charge >= 0.3 is 5.97 Å². The minimum Gasteiger partial charge on any atom is -0.451 e. The summed E-state index contributed by atoms with van der Waals surface area (Å²) in [7, 11) is 0. The van der Waals surface area contributed by atoms with Gasteiger partial charge in [0.25, 0.3) is 5.91 Å². The molecule has 1 aromatic carbocycles. The molecule has 0 bridgehead atoms. The molecule has 1 aromatic heterocycles. The van der Waals surface area contributed by atoms with Gasteiger partial charge in [0.2, 0.25) is 0 Å². The van der Waals surface area contributed by atoms with E-state index in [2.05, 4.69) is 4.98 Å². The minimum absolute atomic E-state index is 0.00436. The van der Waals surface area contributed by atoms with Gasteiger partial charge in [-0.1, -0.05) is 53.0 Å². The summed E-state index contributed by atoms with van der Waals surface area (Å²) in [4.78, 5) is 30.1. The smallest absolute Gasteiger partial charge is 0.359 e. The average molecular weight is 400 g/mol. The van der Waals surface area contributed by atoms with Gasteiger partial charge in [0.1, 0.15) is 0 Å². The second-order valence-corrected chi connectivity index (χ2v) is 6.77. The number of anilines is 1. The highest BCUT2D eigenvalue weighted by molar-refractivity contribution is 6.48. The van der Waals surface area contributed by atoms with E-state index < -0.39 is 12.6 Å². The van der Waals surface area contributed by atoms with Crippen LogP contribution in [-0.2, 0) is 16.0 Å². The molecule has 0 spiro atoms. The largest absolute Gasteiger partial charge is 0.451 e. The van der Waals surface area contributed by atoms with Crippen molar-refractivity contribution >= 4 is 52.4 Å². The number of halogens is 3. The Bertz CT molecular complexity index is 857. The van der Waals surface area contributed by atoms with Gasteiger partial charge in [-0.25, -0.2) is 9.78 Å². The highest BCUT2D eigenvalue weighted by atomic mass is 35.5. The summed E-state index contributed by atoms with van der Waals surface area (Å²) in [5.41, 5.74) is 1.74. The number of pyridine rings is 1. The molecule has 3 rings (SSSR count). The average Bonchev–Trinajstić information content (AvgIpc) is 2.93. The SMILES string of the molecule is CC1Cc2ccccc2N1C(=O)COC(=O)c1ncc(Cl)c(Cl)c1Cl. The predicted octanol–water partition coefficient (Wildman–Crippen LogP) is 4.18. The van der Waals surface area contributed by atoms with E-state index >= 15 is 0 Å². The first-order valence-corrected chi connectivity index (χ1v) is 8.60. The fourth-order valence-electron chi connectivity index (χ4n) is 2.80. The van der Waals surface area contributed by atoms with E-state index in [9.17, 15) is 9.59 Å². The van der Waals surface area contributed by atoms with Crippen molar-refractivity contribution in [1.82, 2.24) is 4.98 Å². The number of ether oxygens (including phenoxy) is 1. The monoisotopic (exact) mass is 398 g/mol. The van der Waals surface area contributed by atoms with Crippen molar-refractivity contribution in [2.75, 3.05) is 11.5 Å². The number of aromatic nitrogens is 1. The Kier molecular flexibility index (Phi) is 5.18. The summed E-state index contributed by atoms with van der Waals surface area (Å²) in [5.74, 6) is -1.15. The van der Waals surface area contributed by atoms with Crippen LogP contribution >= 0.6 is 34.8 Å². The number of benzene rings is 1. The summed E-state index contributed by atoms with van der Waals surface area (Å²) in [6, 6.07) is 7.64. The Morgan fingerprint density at radius 2 is 1.96 bits per heavy atom. The normalized spacial score (nSPS) is 15.8. The number of carbonyl (C=O) groups excluding carboxylic acids is 2. The minimum atomic E-state index is -0.836. The fraction of sp³-hybridized carbons (Fsp3) is 0.235. The maximum Gasteiger partial charge on any atom is 0.359 e. The highest BCUT2D eigenvalue weighted by Crippen LogP contribution is 2.33. The van der Waals surface area contributed by atoms with Crippen molar-refractivity contribution in [3.63, 3.8) is 0 Å². The van der Waals surface area contributed by atoms with Crippen molar-refractivity contribution in [1.29, 1.82) is 0 Å². The number of carbonyl (C=O) groups is 2. The molecular weight excluding hydrogens is 387 g/mol. The van der Waals surface area contributed by atoms with Crippen LogP contribution in [0.3, 0.4) is 0 Å². The number of fused-ring (bicyclic) bond motifs is 1. The number of hydrogen-bond donors (Lipinski definition) is 0. The van der Waals surface area contributed by atoms with Gasteiger partial charge in [0.05, 0.1) is 15.1 Å². The molecule has 0 saturated heterocycles. The van der Waals surface area contributed by atoms with Crippen molar-refractivity contribution in [3.05, 3.63) is 56.8 Å². The van der Waals surface area contributed by atoms with Gasteiger partial charge in [0, 0.05) is 17.9 Å². The third kappa shape index (κ3) is 3.45. The van der Waals surface area contributed by atoms with Crippen LogP contribution in [0.2, 0.25) is 15.1 Å². The maximum atomic E-state index is 12.5. The summed E-state index contributed by atoms with van der Waals surface area (Å²) < 4.78 is 5.06. The van der Waals surface area contributed by atoms with Crippen molar-refractivity contribution in [2.45, 2.75) is 19.4 Å². The Labute approximate surface area is 159 Å². The third-order valence-corrected chi connectivity index (χ3v) is 5.15. The van der Waals surface area contributed by atoms with E-state index in [1.807, 2.05) is 31.2 Å². The summed E-state index contributed by atoms with van der Waals surface area (Å²) in [6.45, 7) is 1.52. The molecule has 0 aliphatic carbocycles. The van der Waals surface area contributed by atoms with Crippen molar-refractivity contribution in [3.8, 4) is 0 Å². The molecular formula is C17H13Cl3N2O3. The van der Waals surface area contributed by atoms with Gasteiger partial charge in [-0.15, -0.1) is 0 Å². The van der Waals surface area contributed by atoms with Gasteiger partial charge < -0.3 is 9.64 Å². The molecule has 0 radical (unpaired) electrons. The molecule has 0 N–H and O–H groups in total. The first-order chi connectivity index (χ1) is 11.9. The van der Waals surface area contributed by atoms with E-state index in [0.29, 0.717) is 0 Å². The highest BCUT2D eigenvalue weighted by Gasteiger charge is 2.31. The zero-order valence-electron chi connectivity index (χ0n) is 13.1. The lowest BCUT2D eigenvalue weighted by Crippen LogP contribution is -2.38. The number of nitrogens with zero attached hydrogens (tertiary/aromatic N) is 2. The Hall–Kier alpha value is -1.82. The van der Waals surface area contributed by atoms with Crippen LogP contribution in [0.4, 0.5) is 5.69 Å². The van der Waals surface area contributed by atoms with E-state index in [1.165, 1.54) is 6.20 Å². The lowest BCUT2D eigenvalue weighted by atomic mass is 10.1. The van der Waals surface area contributed by atoms with Crippen LogP contribution in [0, 0.1) is 0 Å². The quantitative estimate of drug-likeness (QED) is 0.727. The number of amides is 1. The molecule has 25 heavy (non-hydrogen) atoms. The number of hydrogen-bond acceptors (Lipinski definition) is 4. The maximum absolute atomic E-state index is 12.5. The lowest BCUT2D eigenvalue weighted by Gasteiger charge is -2.22. The van der Waals surface area contributed by atoms with Crippen LogP contribution in [0.1, 0.15) is 23.0 Å². The van der Waals surface area contributed by atoms with Crippen LogP contribution in [-0.4, -0.2) is 29.5 Å². The topological polar surface area (TPSA) is 59.5 Å². The molecule has 1 amide bonds. The molecule has 2 heterocycles. The van der Waals surface area contributed by atoms with E-state index in [-0.39, 0.29) is 32.7 Å². The zero-order chi connectivity index (χ0) is 18.1. The standard InChI is InChI=1S/C17H13Cl3N2O3/c1-9-6-10-4-2-3-5-12(10)22(9)13(23)8-25-17(24)16-15(20)14(19)11(18)7-21-16/h2-5,7,9H,6,8H2,1H3. The molecule has 1 atom stereocenters. The molecule has 0 fully saturated rings. The van der Waals surface area contributed by atoms with Crippen molar-refractivity contribution < 1.29 is 14.3 Å². The van der Waals surface area contributed by atoms with Gasteiger partial charge in [-0.3, -0.25) is 4.79 Å². The number of esters is 1. The summed E-state index contributed by atoms with van der Waals surface area (Å²) in [5, 5.41) is 0.0343. The molecule has 1 aliphatic rings. The lowest BCUT2D eigenvalue weighted by molar-refractivity contribution is -0.122. The van der Waals surface area contributed by atoms with E-state index in [4.69, 9.17) is 39.5 Å². The van der Waals surface area contributed by atoms with Crippen LogP contribution in [0.25, 0.3) is 0 Å². The first-order valence-electron chi connectivity index (χ1n) is 7.46. The third-order valence-electron chi connectivity index (χ3n) is 3.91. The first kappa shape index (κ1) is 18.0. The number of rotatable bonds is 3. The molecule has 130 valence electrons. The van der Waals surface area contributed by atoms with Crippen LogP contribution < -0.4 is 4.90 Å². The molecule has 8 heteroatoms. The predicted molar refractivity (Wildman–Crippen MR) is 96.6 cm³/mol. The van der Waals surface area contributed by atoms with E-state index in [0.717, 1.165) is 17.7 Å². The molecule has 2 aromatic rings. The van der Waals surface area contributed by atoms with Crippen molar-refractivity contribution in [2.24, 2.45) is 0 Å². The van der Waals surface area contributed by atoms with Crippen LogP contribution in [0.5, 0.6) is 0 Å². The Morgan fingerprint density at radius 3 is 2.72 bits per heavy atom. The summed E-state index contributed by atoms with van der Waals surface area (Å²) >= 11 is 17.6. The second-order valence-electron chi connectivity index (χ2n) is 5.60. The Morgan fingerprint density at radius 1 is 1.24 bits per heavy atom. The Balaban J connectivity index is 1.71. The molecule has 1 aliphatic heterocycles. The van der Waals surface area contributed by atoms with Crippen LogP contribution in [0.15, 0.2) is 30.5 Å².